The smallest absolute Gasteiger partial charge is 0.191 e. The molecule has 1 aromatic rings. The summed E-state index contributed by atoms with van der Waals surface area (Å²) < 4.78 is 32.2. The fourth-order valence-electron chi connectivity index (χ4n) is 2.16. The number of nitrogens with zero attached hydrogens (tertiary/aromatic N) is 1. The number of nitrogens with one attached hydrogen (secondary N) is 2. The second-order valence-electron chi connectivity index (χ2n) is 11.7. The van der Waals surface area contributed by atoms with Crippen LogP contribution < -0.4 is 4.39 Å². The van der Waals surface area contributed by atoms with Gasteiger partial charge in [-0.15, -0.1) is 11.3 Å². The van der Waals surface area contributed by atoms with E-state index in [1.54, 1.807) is 13.8 Å². The van der Waals surface area contributed by atoms with Crippen LogP contribution in [0.15, 0.2) is 4.21 Å². The zero-order valence-corrected chi connectivity index (χ0v) is 24.6. The molecule has 0 amide bonds. The Bertz CT molecular complexity index is 844. The van der Waals surface area contributed by atoms with Crippen LogP contribution >= 0.6 is 11.3 Å². The summed E-state index contributed by atoms with van der Waals surface area (Å²) in [6.45, 7) is 25.3. The lowest BCUT2D eigenvalue weighted by Crippen LogP contribution is -2.54. The van der Waals surface area contributed by atoms with Gasteiger partial charge < -0.3 is 9.53 Å². The molecule has 0 aliphatic rings. The molecule has 0 saturated carbocycles. The number of thiazole rings is 1. The van der Waals surface area contributed by atoms with Gasteiger partial charge in [-0.2, -0.15) is 0 Å². The lowest BCUT2D eigenvalue weighted by atomic mass is 10.1. The Morgan fingerprint density at radius 3 is 1.97 bits per heavy atom. The lowest BCUT2D eigenvalue weighted by Gasteiger charge is -2.37. The van der Waals surface area contributed by atoms with Crippen LogP contribution in [0.2, 0.25) is 36.3 Å². The van der Waals surface area contributed by atoms with Crippen LogP contribution in [0.25, 0.3) is 0 Å². The summed E-state index contributed by atoms with van der Waals surface area (Å²) in [4.78, 5) is 4.60. The molecule has 6 nitrogen and oxygen atoms in total. The van der Waals surface area contributed by atoms with E-state index in [0.29, 0.717) is 27.9 Å². The molecule has 3 N–H and O–H groups in total. The monoisotopic (exact) mass is 493 g/mol. The van der Waals surface area contributed by atoms with E-state index in [9.17, 15) is 9.32 Å². The van der Waals surface area contributed by atoms with Crippen molar-refractivity contribution in [1.82, 2.24) is 9.37 Å². The Morgan fingerprint density at radius 2 is 1.57 bits per heavy atom. The highest BCUT2D eigenvalue weighted by Crippen LogP contribution is 2.38. The Morgan fingerprint density at radius 1 is 1.07 bits per heavy atom. The summed E-state index contributed by atoms with van der Waals surface area (Å²) in [5.41, 5.74) is -0.549. The minimum Gasteiger partial charge on any atom is -0.416 e. The average Bonchev–Trinajstić information content (AvgIpc) is 2.88. The van der Waals surface area contributed by atoms with Gasteiger partial charge in [-0.1, -0.05) is 54.6 Å². The van der Waals surface area contributed by atoms with Crippen LogP contribution in [-0.2, 0) is 26.4 Å². The first-order chi connectivity index (χ1) is 13.0. The van der Waals surface area contributed by atoms with Gasteiger partial charge >= 0.3 is 0 Å². The van der Waals surface area contributed by atoms with Gasteiger partial charge in [0, 0.05) is 13.0 Å². The summed E-state index contributed by atoms with van der Waals surface area (Å²) in [5.74, 6) is 0. The third-order valence-electron chi connectivity index (χ3n) is 6.33. The number of aromatic nitrogens is 1. The second-order valence-corrected chi connectivity index (χ2v) is 24.9. The average molecular weight is 494 g/mol. The van der Waals surface area contributed by atoms with Crippen LogP contribution in [0, 0.1) is 4.78 Å². The second kappa shape index (κ2) is 8.68. The Balaban J connectivity index is 3.27. The highest BCUT2D eigenvalue weighted by Gasteiger charge is 2.40. The molecule has 1 unspecified atom stereocenters. The van der Waals surface area contributed by atoms with Crippen LogP contribution in [0.4, 0.5) is 0 Å². The largest absolute Gasteiger partial charge is 0.416 e. The van der Waals surface area contributed by atoms with E-state index < -0.39 is 32.1 Å². The molecule has 0 bridgehead atoms. The van der Waals surface area contributed by atoms with Crippen molar-refractivity contribution >= 4 is 37.8 Å². The van der Waals surface area contributed by atoms with E-state index in [1.165, 1.54) is 11.3 Å². The van der Waals surface area contributed by atoms with Crippen LogP contribution in [0.1, 0.15) is 66.1 Å². The third-order valence-corrected chi connectivity index (χ3v) is 20.7. The standard InChI is InChI=1S/C20H43N3O3S2Si2/c1-18(2,3)29(9,10)23-28(21,25)16-15(22-17(27-16)20(7,8)24)13-14-26-30(11,12)19(4,5)6/h24H,13-14H2,1-12H3,(H2,21,23,25). The van der Waals surface area contributed by atoms with Gasteiger partial charge in [-0.05, 0) is 37.0 Å². The highest BCUT2D eigenvalue weighted by molar-refractivity contribution is 7.94. The maximum atomic E-state index is 13.6. The van der Waals surface area contributed by atoms with E-state index in [0.717, 1.165) is 0 Å². The molecule has 1 heterocycles. The number of rotatable bonds is 8. The zero-order valence-electron chi connectivity index (χ0n) is 20.9. The first-order valence-corrected chi connectivity index (χ1v) is 18.7. The van der Waals surface area contributed by atoms with E-state index in [4.69, 9.17) is 9.21 Å². The van der Waals surface area contributed by atoms with E-state index in [1.807, 2.05) is 0 Å². The topological polar surface area (TPSA) is 95.3 Å². The maximum Gasteiger partial charge on any atom is 0.191 e. The molecule has 1 atom stereocenters. The van der Waals surface area contributed by atoms with Gasteiger partial charge in [0.2, 0.25) is 0 Å². The molecule has 0 aliphatic carbocycles. The van der Waals surface area contributed by atoms with Crippen LogP contribution in [0.5, 0.6) is 0 Å². The SMILES string of the molecule is CC(C)(O)c1nc(CCO[Si](C)(C)C(C)(C)C)c(S(=N)(=O)N[Si](C)(C)C(C)(C)C)s1. The van der Waals surface area contributed by atoms with Gasteiger partial charge in [0.15, 0.2) is 8.32 Å². The van der Waals surface area contributed by atoms with Crippen molar-refractivity contribution < 1.29 is 13.7 Å². The summed E-state index contributed by atoms with van der Waals surface area (Å²) in [7, 11) is -7.36. The van der Waals surface area contributed by atoms with Gasteiger partial charge in [0.1, 0.15) is 33.0 Å². The normalized spacial score (nSPS) is 16.6. The van der Waals surface area contributed by atoms with Crippen LogP contribution in [0.3, 0.4) is 0 Å². The van der Waals surface area contributed by atoms with Crippen LogP contribution in [-0.4, -0.2) is 37.5 Å². The van der Waals surface area contributed by atoms with Gasteiger partial charge in [0.25, 0.3) is 0 Å². The summed E-state index contributed by atoms with van der Waals surface area (Å²) in [6.07, 6.45) is 0.476. The Kier molecular flexibility index (Phi) is 8.08. The van der Waals surface area contributed by atoms with Crippen molar-refractivity contribution in [2.75, 3.05) is 6.61 Å². The van der Waals surface area contributed by atoms with Crippen molar-refractivity contribution in [1.29, 1.82) is 4.78 Å². The molecule has 176 valence electrons. The van der Waals surface area contributed by atoms with Crippen molar-refractivity contribution in [3.05, 3.63) is 10.7 Å². The molecule has 10 heteroatoms. The molecule has 30 heavy (non-hydrogen) atoms. The molecule has 0 saturated heterocycles. The van der Waals surface area contributed by atoms with Crippen molar-refractivity contribution in [3.63, 3.8) is 0 Å². The molecule has 0 aromatic carbocycles. The summed E-state index contributed by atoms with van der Waals surface area (Å²) >= 11 is 1.18. The van der Waals surface area contributed by atoms with Gasteiger partial charge in [0.05, 0.1) is 5.69 Å². The molecule has 1 rings (SSSR count). The predicted molar refractivity (Wildman–Crippen MR) is 134 cm³/mol. The minimum absolute atomic E-state index is 0.0634. The molecule has 0 fully saturated rings. The number of hydrogen-bond acceptors (Lipinski definition) is 6. The Labute approximate surface area is 190 Å². The summed E-state index contributed by atoms with van der Waals surface area (Å²) in [5, 5.41) is 11.0. The first-order valence-electron chi connectivity index (χ1n) is 10.5. The van der Waals surface area contributed by atoms with E-state index in [2.05, 4.69) is 77.1 Å². The highest BCUT2D eigenvalue weighted by atomic mass is 32.2. The Hall–Kier alpha value is -0.106. The number of aliphatic hydroxyl groups is 1. The zero-order chi connectivity index (χ0) is 24.0. The maximum absolute atomic E-state index is 13.6. The van der Waals surface area contributed by atoms with Crippen molar-refractivity contribution in [3.8, 4) is 0 Å². The number of hydrogen-bond donors (Lipinski definition) is 3. The van der Waals surface area contributed by atoms with Gasteiger partial charge in [-0.3, -0.25) is 0 Å². The minimum atomic E-state index is -3.25. The third kappa shape index (κ3) is 6.70. The predicted octanol–water partition coefficient (Wildman–Crippen LogP) is 5.85. The van der Waals surface area contributed by atoms with E-state index in [-0.39, 0.29) is 10.1 Å². The van der Waals surface area contributed by atoms with Crippen molar-refractivity contribution in [2.45, 2.75) is 108 Å². The molecule has 0 spiro atoms. The quantitative estimate of drug-likeness (QED) is 0.396. The molecule has 0 radical (unpaired) electrons. The van der Waals surface area contributed by atoms with Gasteiger partial charge in [-0.25, -0.2) is 18.4 Å². The fraction of sp³-hybridized carbons (Fsp3) is 0.850. The van der Waals surface area contributed by atoms with Crippen molar-refractivity contribution in [2.24, 2.45) is 0 Å². The lowest BCUT2D eigenvalue weighted by molar-refractivity contribution is 0.0780. The molecular formula is C20H43N3O3S2Si2. The summed E-state index contributed by atoms with van der Waals surface area (Å²) in [6, 6.07) is 0. The first kappa shape index (κ1) is 27.9. The molecule has 0 aliphatic heterocycles. The molecule has 1 aromatic heterocycles. The van der Waals surface area contributed by atoms with E-state index >= 15 is 0 Å². The molecular weight excluding hydrogens is 451 g/mol. The fourth-order valence-corrected chi connectivity index (χ4v) is 10.1.